The molecule has 2 heterocycles. The van der Waals surface area contributed by atoms with E-state index in [1.807, 2.05) is 18.2 Å². The van der Waals surface area contributed by atoms with Crippen LogP contribution in [0.4, 0.5) is 0 Å². The summed E-state index contributed by atoms with van der Waals surface area (Å²) in [5, 5.41) is 32.7. The Labute approximate surface area is 188 Å². The van der Waals surface area contributed by atoms with Crippen LogP contribution in [0.15, 0.2) is 41.1 Å². The summed E-state index contributed by atoms with van der Waals surface area (Å²) in [6.07, 6.45) is -2.15. The molecular formula is C19H28N2O8S2. The third kappa shape index (κ3) is 9.23. The molecule has 0 radical (unpaired) electrons. The normalized spacial score (nSPS) is 21.0. The van der Waals surface area contributed by atoms with Crippen molar-refractivity contribution in [2.24, 2.45) is 0 Å². The lowest BCUT2D eigenvalue weighted by Gasteiger charge is -2.34. The number of carbonyl (C=O) groups is 1. The highest BCUT2D eigenvalue weighted by Gasteiger charge is 2.39. The van der Waals surface area contributed by atoms with E-state index in [2.05, 4.69) is 10.3 Å². The highest BCUT2D eigenvalue weighted by Crippen LogP contribution is 2.28. The molecule has 1 aliphatic rings. The third-order valence-corrected chi connectivity index (χ3v) is 6.12. The number of carbonyl (C=O) groups excluding carboxylic acids is 1. The van der Waals surface area contributed by atoms with Crippen molar-refractivity contribution in [2.45, 2.75) is 30.3 Å². The number of pyridine rings is 1. The lowest BCUT2D eigenvalue weighted by Crippen LogP contribution is -2.50. The van der Waals surface area contributed by atoms with Crippen molar-refractivity contribution >= 4 is 27.5 Å². The van der Waals surface area contributed by atoms with Gasteiger partial charge in [0.15, 0.2) is 6.10 Å². The minimum atomic E-state index is -1.45. The number of ether oxygens (including phenoxy) is 4. The zero-order valence-electron chi connectivity index (χ0n) is 17.1. The Hall–Kier alpha value is -1.54. The number of nitrogens with one attached hydrogen (secondary N) is 1. The van der Waals surface area contributed by atoms with E-state index in [9.17, 15) is 20.1 Å². The molecule has 2 rings (SSSR count). The summed E-state index contributed by atoms with van der Waals surface area (Å²) in [7, 11) is 3.26. The number of nitrogens with zero attached hydrogens (tertiary/aromatic N) is 1. The van der Waals surface area contributed by atoms with Gasteiger partial charge in [-0.3, -0.25) is 4.79 Å². The molecule has 31 heavy (non-hydrogen) atoms. The first-order chi connectivity index (χ1) is 15.0. The van der Waals surface area contributed by atoms with E-state index in [1.54, 1.807) is 27.8 Å². The third-order valence-electron chi connectivity index (χ3n) is 3.90. The molecule has 0 saturated carbocycles. The smallest absolute Gasteiger partial charge is 0.303 e. The number of aliphatic hydroxyl groups excluding tert-OH is 3. The second kappa shape index (κ2) is 14.5. The number of amides is 1. The summed E-state index contributed by atoms with van der Waals surface area (Å²) < 4.78 is 21.7. The summed E-state index contributed by atoms with van der Waals surface area (Å²) in [5.41, 5.74) is -0.0888. The molecule has 3 atom stereocenters. The summed E-state index contributed by atoms with van der Waals surface area (Å²) in [6, 6.07) is 5.78. The zero-order chi connectivity index (χ0) is 22.5. The average Bonchev–Trinajstić information content (AvgIpc) is 2.77. The molecular weight excluding hydrogens is 448 g/mol. The van der Waals surface area contributed by atoms with E-state index >= 15 is 0 Å². The van der Waals surface area contributed by atoms with Crippen molar-refractivity contribution in [1.29, 1.82) is 0 Å². The molecule has 1 aliphatic heterocycles. The van der Waals surface area contributed by atoms with Crippen molar-refractivity contribution in [1.82, 2.24) is 10.3 Å². The largest absolute Gasteiger partial charge is 0.462 e. The van der Waals surface area contributed by atoms with Gasteiger partial charge in [-0.2, -0.15) is 0 Å². The van der Waals surface area contributed by atoms with Crippen LogP contribution in [0, 0.1) is 0 Å². The van der Waals surface area contributed by atoms with Crippen LogP contribution in [-0.4, -0.2) is 89.9 Å². The van der Waals surface area contributed by atoms with Crippen molar-refractivity contribution in [3.63, 3.8) is 0 Å². The minimum Gasteiger partial charge on any atom is -0.462 e. The Bertz CT molecular complexity index is 695. The van der Waals surface area contributed by atoms with Crippen LogP contribution in [0.2, 0.25) is 0 Å². The molecule has 0 spiro atoms. The molecule has 0 fully saturated rings. The summed E-state index contributed by atoms with van der Waals surface area (Å²) in [4.78, 5) is 15.6. The van der Waals surface area contributed by atoms with Gasteiger partial charge in [0.2, 0.25) is 5.91 Å². The van der Waals surface area contributed by atoms with Crippen LogP contribution in [0.25, 0.3) is 0 Å². The maximum absolute atomic E-state index is 11.3. The Balaban J connectivity index is 1.58. The number of hydrogen-bond acceptors (Lipinski definition) is 11. The minimum absolute atomic E-state index is 0.0793. The maximum atomic E-state index is 11.3. The van der Waals surface area contributed by atoms with E-state index in [4.69, 9.17) is 18.9 Å². The first kappa shape index (κ1) is 25.7. The van der Waals surface area contributed by atoms with E-state index in [0.29, 0.717) is 19.8 Å². The van der Waals surface area contributed by atoms with E-state index < -0.39 is 30.8 Å². The number of hydrogen-bond donors (Lipinski definition) is 4. The van der Waals surface area contributed by atoms with Gasteiger partial charge in [-0.15, -0.1) is 0 Å². The highest BCUT2D eigenvalue weighted by atomic mass is 33.1. The Morgan fingerprint density at radius 1 is 1.19 bits per heavy atom. The van der Waals surface area contributed by atoms with Gasteiger partial charge in [-0.1, -0.05) is 16.9 Å². The van der Waals surface area contributed by atoms with Crippen LogP contribution >= 0.6 is 21.6 Å². The molecule has 1 aromatic heterocycles. The van der Waals surface area contributed by atoms with Crippen LogP contribution in [0.1, 0.15) is 6.92 Å². The second-order valence-electron chi connectivity index (χ2n) is 6.30. The lowest BCUT2D eigenvalue weighted by molar-refractivity contribution is -0.141. The quantitative estimate of drug-likeness (QED) is 0.218. The molecule has 0 aliphatic carbocycles. The van der Waals surface area contributed by atoms with Crippen molar-refractivity contribution in [3.8, 4) is 0 Å². The molecule has 0 saturated heterocycles. The lowest BCUT2D eigenvalue weighted by atomic mass is 10.0. The topological polar surface area (TPSA) is 140 Å². The monoisotopic (exact) mass is 476 g/mol. The molecule has 1 unspecified atom stereocenters. The molecule has 4 N–H and O–H groups in total. The van der Waals surface area contributed by atoms with Crippen LogP contribution in [0.3, 0.4) is 0 Å². The molecule has 0 bridgehead atoms. The first-order valence-electron chi connectivity index (χ1n) is 9.67. The summed E-state index contributed by atoms with van der Waals surface area (Å²) in [5.74, 6) is 0.204. The van der Waals surface area contributed by atoms with Crippen LogP contribution in [0.5, 0.6) is 0 Å². The predicted molar refractivity (Wildman–Crippen MR) is 115 cm³/mol. The molecule has 0 aromatic carbocycles. The van der Waals surface area contributed by atoms with Gasteiger partial charge < -0.3 is 39.6 Å². The summed E-state index contributed by atoms with van der Waals surface area (Å²) in [6.45, 7) is 2.43. The molecule has 1 amide bonds. The second-order valence-corrected chi connectivity index (χ2v) is 8.74. The molecule has 1 aromatic rings. The molecule has 10 nitrogen and oxygen atoms in total. The van der Waals surface area contributed by atoms with Gasteiger partial charge in [0, 0.05) is 18.9 Å². The standard InChI is InChI=1S/C19H28N2O8S2/c1-13(23)21-16-18(25)17(24)14(12-22)29-19(16)28-9-8-26-6-7-27-10-11-30-31-15-4-2-3-5-20-15/h2-5,14,17-18,22,24-25H,6-12H2,1H3,(H,21,23)/t14-,17+,18?/m1/s1. The number of rotatable bonds is 14. The Morgan fingerprint density at radius 3 is 2.61 bits per heavy atom. The van der Waals surface area contributed by atoms with Crippen molar-refractivity contribution < 1.29 is 39.1 Å². The highest BCUT2D eigenvalue weighted by molar-refractivity contribution is 8.76. The van der Waals surface area contributed by atoms with E-state index in [0.717, 1.165) is 10.8 Å². The van der Waals surface area contributed by atoms with Gasteiger partial charge in [0.05, 0.1) is 33.0 Å². The fraction of sp³-hybridized carbons (Fsp3) is 0.579. The van der Waals surface area contributed by atoms with Crippen molar-refractivity contribution in [3.05, 3.63) is 36.0 Å². The van der Waals surface area contributed by atoms with Gasteiger partial charge in [0.25, 0.3) is 0 Å². The van der Waals surface area contributed by atoms with Gasteiger partial charge in [0.1, 0.15) is 29.5 Å². The molecule has 174 valence electrons. The van der Waals surface area contributed by atoms with Gasteiger partial charge >= 0.3 is 5.95 Å². The fourth-order valence-corrected chi connectivity index (χ4v) is 4.18. The number of aromatic nitrogens is 1. The maximum Gasteiger partial charge on any atom is 0.303 e. The van der Waals surface area contributed by atoms with Crippen LogP contribution < -0.4 is 5.32 Å². The molecule has 12 heteroatoms. The number of aliphatic hydroxyl groups is 3. The summed E-state index contributed by atoms with van der Waals surface area (Å²) >= 11 is 0. The van der Waals surface area contributed by atoms with E-state index in [-0.39, 0.29) is 24.9 Å². The van der Waals surface area contributed by atoms with Crippen molar-refractivity contribution in [2.75, 3.05) is 45.4 Å². The fourth-order valence-electron chi connectivity index (χ4n) is 2.44. The Kier molecular flexibility index (Phi) is 12.0. The SMILES string of the molecule is CC(=O)NC1=C(OCCOCCOCCSSc2ccccn2)O[C@H](CO)[C@H](O)C1O. The van der Waals surface area contributed by atoms with Gasteiger partial charge in [-0.25, -0.2) is 4.98 Å². The zero-order valence-corrected chi connectivity index (χ0v) is 18.8. The predicted octanol–water partition coefficient (Wildman–Crippen LogP) is 0.290. The Morgan fingerprint density at radius 2 is 1.94 bits per heavy atom. The van der Waals surface area contributed by atoms with Gasteiger partial charge in [-0.05, 0) is 22.9 Å². The first-order valence-corrected chi connectivity index (χ1v) is 12.0. The average molecular weight is 477 g/mol. The van der Waals surface area contributed by atoms with Crippen LogP contribution in [-0.2, 0) is 23.7 Å². The van der Waals surface area contributed by atoms with E-state index in [1.165, 1.54) is 6.92 Å².